The highest BCUT2D eigenvalue weighted by Crippen LogP contribution is 2.11. The quantitative estimate of drug-likeness (QED) is 0.582. The number of aryl methyl sites for hydroxylation is 1. The van der Waals surface area contributed by atoms with Gasteiger partial charge in [0, 0.05) is 0 Å². The molecule has 0 aliphatic rings. The van der Waals surface area contributed by atoms with E-state index in [4.69, 9.17) is 5.11 Å². The van der Waals surface area contributed by atoms with E-state index in [9.17, 15) is 9.59 Å². The summed E-state index contributed by atoms with van der Waals surface area (Å²) >= 11 is 0. The van der Waals surface area contributed by atoms with E-state index in [1.807, 2.05) is 0 Å². The summed E-state index contributed by atoms with van der Waals surface area (Å²) < 4.78 is 0. The van der Waals surface area contributed by atoms with Crippen molar-refractivity contribution in [3.05, 3.63) is 34.9 Å². The number of aliphatic imine (C=N–C) groups is 1. The van der Waals surface area contributed by atoms with Crippen molar-refractivity contribution in [2.45, 2.75) is 13.5 Å². The molecule has 0 aliphatic carbocycles. The SMILES string of the molecule is Cc1ccc(CN=C=O)cc1C(=O)O. The van der Waals surface area contributed by atoms with Gasteiger partial charge in [0.05, 0.1) is 12.1 Å². The van der Waals surface area contributed by atoms with Gasteiger partial charge in [-0.15, -0.1) is 0 Å². The summed E-state index contributed by atoms with van der Waals surface area (Å²) in [4.78, 5) is 24.0. The van der Waals surface area contributed by atoms with Gasteiger partial charge < -0.3 is 5.11 Å². The molecule has 1 aromatic rings. The second kappa shape index (κ2) is 4.35. The molecule has 0 atom stereocenters. The van der Waals surface area contributed by atoms with Crippen molar-refractivity contribution in [1.82, 2.24) is 0 Å². The highest BCUT2D eigenvalue weighted by molar-refractivity contribution is 5.89. The fourth-order valence-electron chi connectivity index (χ4n) is 1.12. The van der Waals surface area contributed by atoms with Gasteiger partial charge in [-0.3, -0.25) is 0 Å². The summed E-state index contributed by atoms with van der Waals surface area (Å²) in [7, 11) is 0. The summed E-state index contributed by atoms with van der Waals surface area (Å²) in [6.07, 6.45) is 1.41. The molecule has 0 fully saturated rings. The molecule has 4 heteroatoms. The first-order valence-electron chi connectivity index (χ1n) is 4.01. The number of carbonyl (C=O) groups is 1. The maximum absolute atomic E-state index is 10.7. The van der Waals surface area contributed by atoms with Crippen molar-refractivity contribution in [3.8, 4) is 0 Å². The smallest absolute Gasteiger partial charge is 0.335 e. The first kappa shape index (κ1) is 10.2. The van der Waals surface area contributed by atoms with E-state index in [1.54, 1.807) is 19.1 Å². The number of hydrogen-bond acceptors (Lipinski definition) is 3. The van der Waals surface area contributed by atoms with Crippen molar-refractivity contribution in [2.75, 3.05) is 0 Å². The molecule has 0 aromatic heterocycles. The molecule has 0 unspecified atom stereocenters. The highest BCUT2D eigenvalue weighted by Gasteiger charge is 2.06. The van der Waals surface area contributed by atoms with Crippen molar-refractivity contribution in [3.63, 3.8) is 0 Å². The number of carboxylic acid groups (broad SMARTS) is 1. The zero-order chi connectivity index (χ0) is 10.6. The number of benzene rings is 1. The summed E-state index contributed by atoms with van der Waals surface area (Å²) in [6.45, 7) is 1.89. The van der Waals surface area contributed by atoms with Crippen LogP contribution < -0.4 is 0 Å². The van der Waals surface area contributed by atoms with Crippen LogP contribution in [0.1, 0.15) is 21.5 Å². The Balaban J connectivity index is 3.06. The van der Waals surface area contributed by atoms with Gasteiger partial charge >= 0.3 is 5.97 Å². The monoisotopic (exact) mass is 191 g/mol. The maximum Gasteiger partial charge on any atom is 0.335 e. The van der Waals surface area contributed by atoms with E-state index in [2.05, 4.69) is 4.99 Å². The van der Waals surface area contributed by atoms with E-state index in [-0.39, 0.29) is 12.1 Å². The standard InChI is InChI=1S/C10H9NO3/c1-7-2-3-8(5-11-6-12)4-9(7)10(13)14/h2-4H,5H2,1H3,(H,13,14). The average molecular weight is 191 g/mol. The van der Waals surface area contributed by atoms with Gasteiger partial charge in [0.2, 0.25) is 6.08 Å². The molecule has 0 aliphatic heterocycles. The molecule has 0 bridgehead atoms. The summed E-state index contributed by atoms with van der Waals surface area (Å²) in [5.41, 5.74) is 1.62. The number of nitrogens with zero attached hydrogens (tertiary/aromatic N) is 1. The largest absolute Gasteiger partial charge is 0.478 e. The number of carboxylic acids is 1. The van der Waals surface area contributed by atoms with Crippen LogP contribution in [0.3, 0.4) is 0 Å². The molecule has 0 heterocycles. The molecule has 1 N–H and O–H groups in total. The Bertz CT molecular complexity index is 406. The zero-order valence-corrected chi connectivity index (χ0v) is 7.65. The van der Waals surface area contributed by atoms with Gasteiger partial charge in [-0.2, -0.15) is 0 Å². The minimum Gasteiger partial charge on any atom is -0.478 e. The first-order valence-corrected chi connectivity index (χ1v) is 4.01. The zero-order valence-electron chi connectivity index (χ0n) is 7.65. The number of isocyanates is 1. The summed E-state index contributed by atoms with van der Waals surface area (Å²) in [5.74, 6) is -0.973. The van der Waals surface area contributed by atoms with Crippen LogP contribution >= 0.6 is 0 Å². The van der Waals surface area contributed by atoms with Gasteiger partial charge in [-0.25, -0.2) is 14.6 Å². The normalized spacial score (nSPS) is 9.21. The fraction of sp³-hybridized carbons (Fsp3) is 0.200. The molecule has 4 nitrogen and oxygen atoms in total. The van der Waals surface area contributed by atoms with Crippen LogP contribution in [0.5, 0.6) is 0 Å². The molecule has 0 radical (unpaired) electrons. The van der Waals surface area contributed by atoms with Crippen molar-refractivity contribution in [2.24, 2.45) is 4.99 Å². The lowest BCUT2D eigenvalue weighted by atomic mass is 10.1. The van der Waals surface area contributed by atoms with Crippen molar-refractivity contribution < 1.29 is 14.7 Å². The molecular weight excluding hydrogens is 182 g/mol. The van der Waals surface area contributed by atoms with Gasteiger partial charge in [-0.05, 0) is 24.1 Å². The number of hydrogen-bond donors (Lipinski definition) is 1. The van der Waals surface area contributed by atoms with E-state index >= 15 is 0 Å². The maximum atomic E-state index is 10.7. The molecule has 1 aromatic carbocycles. The minimum absolute atomic E-state index is 0.171. The Kier molecular flexibility index (Phi) is 3.15. The Morgan fingerprint density at radius 1 is 1.57 bits per heavy atom. The minimum atomic E-state index is -0.973. The van der Waals surface area contributed by atoms with Crippen LogP contribution in [0.2, 0.25) is 0 Å². The third-order valence-corrected chi connectivity index (χ3v) is 1.86. The Morgan fingerprint density at radius 3 is 2.86 bits per heavy atom. The van der Waals surface area contributed by atoms with Crippen LogP contribution in [0, 0.1) is 6.92 Å². The third kappa shape index (κ3) is 2.28. The van der Waals surface area contributed by atoms with Gasteiger partial charge in [-0.1, -0.05) is 12.1 Å². The lowest BCUT2D eigenvalue weighted by Crippen LogP contribution is -2.00. The van der Waals surface area contributed by atoms with Crippen LogP contribution in [0.15, 0.2) is 23.2 Å². The molecule has 0 saturated heterocycles. The topological polar surface area (TPSA) is 66.7 Å². The Labute approximate surface area is 80.9 Å². The van der Waals surface area contributed by atoms with Gasteiger partial charge in [0.1, 0.15) is 0 Å². The van der Waals surface area contributed by atoms with E-state index < -0.39 is 5.97 Å². The number of carbonyl (C=O) groups excluding carboxylic acids is 1. The average Bonchev–Trinajstić information content (AvgIpc) is 2.16. The van der Waals surface area contributed by atoms with Crippen LogP contribution in [0.4, 0.5) is 0 Å². The van der Waals surface area contributed by atoms with Gasteiger partial charge in [0.25, 0.3) is 0 Å². The molecule has 0 spiro atoms. The molecule has 72 valence electrons. The van der Waals surface area contributed by atoms with E-state index in [1.165, 1.54) is 12.1 Å². The molecule has 0 amide bonds. The number of rotatable bonds is 3. The van der Waals surface area contributed by atoms with Crippen LogP contribution in [-0.2, 0) is 11.3 Å². The van der Waals surface area contributed by atoms with Crippen LogP contribution in [0.25, 0.3) is 0 Å². The fourth-order valence-corrected chi connectivity index (χ4v) is 1.12. The first-order chi connectivity index (χ1) is 6.65. The van der Waals surface area contributed by atoms with Crippen LogP contribution in [-0.4, -0.2) is 17.2 Å². The molecule has 1 rings (SSSR count). The lowest BCUT2D eigenvalue weighted by Gasteiger charge is -2.02. The predicted molar refractivity (Wildman–Crippen MR) is 50.0 cm³/mol. The van der Waals surface area contributed by atoms with Gasteiger partial charge in [0.15, 0.2) is 0 Å². The van der Waals surface area contributed by atoms with Crippen molar-refractivity contribution >= 4 is 12.0 Å². The van der Waals surface area contributed by atoms with Crippen molar-refractivity contribution in [1.29, 1.82) is 0 Å². The summed E-state index contributed by atoms with van der Waals surface area (Å²) in [5, 5.41) is 8.81. The van der Waals surface area contributed by atoms with E-state index in [0.29, 0.717) is 11.1 Å². The van der Waals surface area contributed by atoms with E-state index in [0.717, 1.165) is 0 Å². The third-order valence-electron chi connectivity index (χ3n) is 1.86. The second-order valence-corrected chi connectivity index (χ2v) is 2.86. The molecule has 14 heavy (non-hydrogen) atoms. The highest BCUT2D eigenvalue weighted by atomic mass is 16.4. The Hall–Kier alpha value is -1.93. The second-order valence-electron chi connectivity index (χ2n) is 2.86. The Morgan fingerprint density at radius 2 is 2.29 bits per heavy atom. The number of aromatic carboxylic acids is 1. The summed E-state index contributed by atoms with van der Waals surface area (Å²) in [6, 6.07) is 4.94. The lowest BCUT2D eigenvalue weighted by molar-refractivity contribution is 0.0696. The molecular formula is C10H9NO3. The predicted octanol–water partition coefficient (Wildman–Crippen LogP) is 1.53. The molecule has 0 saturated carbocycles.